The molecule has 18 heavy (non-hydrogen) atoms. The van der Waals surface area contributed by atoms with Crippen molar-refractivity contribution in [2.75, 3.05) is 5.73 Å². The fraction of sp³-hybridized carbons (Fsp3) is 0.167. The first-order chi connectivity index (χ1) is 8.49. The number of nitrogens with zero attached hydrogens (tertiary/aromatic N) is 1. The van der Waals surface area contributed by atoms with Gasteiger partial charge in [0.25, 0.3) is 5.56 Å². The second kappa shape index (κ2) is 4.48. The van der Waals surface area contributed by atoms with E-state index in [2.05, 4.69) is 4.98 Å². The standard InChI is InChI=1S/C12H12FN3O2/c1-7-5-16(12(18)15-11(7)17)6-8-3-2-4-9(14)10(8)13/h2-5H,6,14H2,1H3,(H,15,17,18). The molecule has 0 radical (unpaired) electrons. The number of nitrogen functional groups attached to an aromatic ring is 1. The van der Waals surface area contributed by atoms with Gasteiger partial charge in [0.15, 0.2) is 5.82 Å². The van der Waals surface area contributed by atoms with Gasteiger partial charge in [-0.3, -0.25) is 14.3 Å². The first-order valence-electron chi connectivity index (χ1n) is 5.32. The van der Waals surface area contributed by atoms with Gasteiger partial charge in [0.2, 0.25) is 0 Å². The van der Waals surface area contributed by atoms with Crippen LogP contribution in [-0.2, 0) is 6.54 Å². The summed E-state index contributed by atoms with van der Waals surface area (Å²) in [4.78, 5) is 24.9. The number of halogens is 1. The highest BCUT2D eigenvalue weighted by atomic mass is 19.1. The fourth-order valence-corrected chi connectivity index (χ4v) is 1.64. The lowest BCUT2D eigenvalue weighted by atomic mass is 10.2. The Morgan fingerprint density at radius 1 is 1.39 bits per heavy atom. The van der Waals surface area contributed by atoms with E-state index in [1.54, 1.807) is 19.1 Å². The summed E-state index contributed by atoms with van der Waals surface area (Å²) in [6, 6.07) is 4.59. The molecule has 94 valence electrons. The Labute approximate surface area is 102 Å². The lowest BCUT2D eigenvalue weighted by Crippen LogP contribution is -2.31. The van der Waals surface area contributed by atoms with Gasteiger partial charge in [0.1, 0.15) is 0 Å². The number of nitrogens with two attached hydrogens (primary N) is 1. The normalized spacial score (nSPS) is 10.6. The van der Waals surface area contributed by atoms with Gasteiger partial charge in [0.05, 0.1) is 12.2 Å². The van der Waals surface area contributed by atoms with Crippen molar-refractivity contribution in [3.8, 4) is 0 Å². The average molecular weight is 249 g/mol. The summed E-state index contributed by atoms with van der Waals surface area (Å²) >= 11 is 0. The van der Waals surface area contributed by atoms with E-state index in [1.165, 1.54) is 16.8 Å². The maximum absolute atomic E-state index is 13.7. The number of benzene rings is 1. The highest BCUT2D eigenvalue weighted by Crippen LogP contribution is 2.15. The smallest absolute Gasteiger partial charge is 0.328 e. The molecule has 1 heterocycles. The molecule has 5 nitrogen and oxygen atoms in total. The second-order valence-electron chi connectivity index (χ2n) is 4.02. The van der Waals surface area contributed by atoms with Crippen LogP contribution in [0.5, 0.6) is 0 Å². The van der Waals surface area contributed by atoms with Gasteiger partial charge in [-0.1, -0.05) is 12.1 Å². The Kier molecular flexibility index (Phi) is 3.01. The van der Waals surface area contributed by atoms with Gasteiger partial charge in [-0.25, -0.2) is 9.18 Å². The lowest BCUT2D eigenvalue weighted by Gasteiger charge is -2.08. The number of hydrogen-bond donors (Lipinski definition) is 2. The molecular formula is C12H12FN3O2. The Morgan fingerprint density at radius 3 is 2.83 bits per heavy atom. The van der Waals surface area contributed by atoms with Crippen LogP contribution in [0.15, 0.2) is 34.0 Å². The van der Waals surface area contributed by atoms with Crippen LogP contribution in [0.3, 0.4) is 0 Å². The van der Waals surface area contributed by atoms with Crippen LogP contribution in [0.4, 0.5) is 10.1 Å². The summed E-state index contributed by atoms with van der Waals surface area (Å²) in [5, 5.41) is 0. The number of hydrogen-bond acceptors (Lipinski definition) is 3. The van der Waals surface area contributed by atoms with Gasteiger partial charge in [-0.05, 0) is 13.0 Å². The molecule has 0 unspecified atom stereocenters. The topological polar surface area (TPSA) is 80.9 Å². The van der Waals surface area contributed by atoms with Gasteiger partial charge >= 0.3 is 5.69 Å². The van der Waals surface area contributed by atoms with Crippen LogP contribution in [0.1, 0.15) is 11.1 Å². The Hall–Kier alpha value is -2.37. The molecule has 0 fully saturated rings. The van der Waals surface area contributed by atoms with Crippen LogP contribution < -0.4 is 17.0 Å². The van der Waals surface area contributed by atoms with E-state index in [4.69, 9.17) is 5.73 Å². The number of anilines is 1. The summed E-state index contributed by atoms with van der Waals surface area (Å²) in [5.41, 5.74) is 5.14. The van der Waals surface area contributed by atoms with Crippen molar-refractivity contribution in [3.63, 3.8) is 0 Å². The zero-order valence-electron chi connectivity index (χ0n) is 9.74. The molecule has 0 spiro atoms. The average Bonchev–Trinajstić information content (AvgIpc) is 2.32. The number of aromatic nitrogens is 2. The Morgan fingerprint density at radius 2 is 2.11 bits per heavy atom. The number of H-pyrrole nitrogens is 1. The molecule has 6 heteroatoms. The zero-order valence-corrected chi connectivity index (χ0v) is 9.74. The molecule has 2 rings (SSSR count). The molecule has 0 amide bonds. The van der Waals surface area contributed by atoms with Crippen LogP contribution in [0.25, 0.3) is 0 Å². The lowest BCUT2D eigenvalue weighted by molar-refractivity contribution is 0.596. The predicted octanol–water partition coefficient (Wildman–Crippen LogP) is 0.615. The summed E-state index contributed by atoms with van der Waals surface area (Å²) in [6.45, 7) is 1.60. The number of aromatic amines is 1. The van der Waals surface area contributed by atoms with Crippen molar-refractivity contribution >= 4 is 5.69 Å². The number of aryl methyl sites for hydroxylation is 1. The van der Waals surface area contributed by atoms with Crippen molar-refractivity contribution < 1.29 is 4.39 Å². The van der Waals surface area contributed by atoms with Crippen LogP contribution >= 0.6 is 0 Å². The van der Waals surface area contributed by atoms with Gasteiger partial charge in [0, 0.05) is 17.3 Å². The molecule has 0 saturated carbocycles. The molecular weight excluding hydrogens is 237 g/mol. The largest absolute Gasteiger partial charge is 0.396 e. The second-order valence-corrected chi connectivity index (χ2v) is 4.02. The van der Waals surface area contributed by atoms with E-state index in [1.807, 2.05) is 0 Å². The maximum Gasteiger partial charge on any atom is 0.328 e. The Balaban J connectivity index is 2.47. The van der Waals surface area contributed by atoms with Crippen molar-refractivity contribution in [2.45, 2.75) is 13.5 Å². The first kappa shape index (κ1) is 12.1. The van der Waals surface area contributed by atoms with E-state index in [9.17, 15) is 14.0 Å². The minimum absolute atomic E-state index is 0.0212. The van der Waals surface area contributed by atoms with Crippen molar-refractivity contribution in [2.24, 2.45) is 0 Å². The first-order valence-corrected chi connectivity index (χ1v) is 5.32. The maximum atomic E-state index is 13.7. The molecule has 0 aliphatic heterocycles. The molecule has 0 saturated heterocycles. The third-order valence-electron chi connectivity index (χ3n) is 2.64. The molecule has 0 aliphatic rings. The minimum atomic E-state index is -0.576. The van der Waals surface area contributed by atoms with Crippen molar-refractivity contribution in [1.82, 2.24) is 9.55 Å². The molecule has 1 aromatic carbocycles. The minimum Gasteiger partial charge on any atom is -0.396 e. The van der Waals surface area contributed by atoms with Gasteiger partial charge < -0.3 is 5.73 Å². The van der Waals surface area contributed by atoms with E-state index < -0.39 is 17.1 Å². The monoisotopic (exact) mass is 249 g/mol. The molecule has 0 aliphatic carbocycles. The number of rotatable bonds is 2. The third-order valence-corrected chi connectivity index (χ3v) is 2.64. The molecule has 0 atom stereocenters. The summed E-state index contributed by atoms with van der Waals surface area (Å²) < 4.78 is 14.9. The van der Waals surface area contributed by atoms with Gasteiger partial charge in [-0.15, -0.1) is 0 Å². The van der Waals surface area contributed by atoms with E-state index >= 15 is 0 Å². The van der Waals surface area contributed by atoms with Crippen LogP contribution in [0, 0.1) is 12.7 Å². The highest BCUT2D eigenvalue weighted by molar-refractivity contribution is 5.42. The zero-order chi connectivity index (χ0) is 13.3. The van der Waals surface area contributed by atoms with Crippen LogP contribution in [-0.4, -0.2) is 9.55 Å². The van der Waals surface area contributed by atoms with E-state index in [-0.39, 0.29) is 12.2 Å². The summed E-state index contributed by atoms with van der Waals surface area (Å²) in [5.74, 6) is -0.548. The predicted molar refractivity (Wildman–Crippen MR) is 66.0 cm³/mol. The van der Waals surface area contributed by atoms with E-state index in [0.717, 1.165) is 0 Å². The van der Waals surface area contributed by atoms with E-state index in [0.29, 0.717) is 11.1 Å². The fourth-order valence-electron chi connectivity index (χ4n) is 1.64. The summed E-state index contributed by atoms with van der Waals surface area (Å²) in [7, 11) is 0. The van der Waals surface area contributed by atoms with Crippen molar-refractivity contribution in [1.29, 1.82) is 0 Å². The highest BCUT2D eigenvalue weighted by Gasteiger charge is 2.08. The Bertz CT molecular complexity index is 703. The molecule has 3 N–H and O–H groups in total. The molecule has 0 bridgehead atoms. The number of nitrogens with one attached hydrogen (secondary N) is 1. The van der Waals surface area contributed by atoms with Gasteiger partial charge in [-0.2, -0.15) is 0 Å². The summed E-state index contributed by atoms with van der Waals surface area (Å²) in [6.07, 6.45) is 1.39. The van der Waals surface area contributed by atoms with Crippen molar-refractivity contribution in [3.05, 3.63) is 62.2 Å². The molecule has 2 aromatic rings. The van der Waals surface area contributed by atoms with Crippen LogP contribution in [0.2, 0.25) is 0 Å². The molecule has 1 aromatic heterocycles. The quantitative estimate of drug-likeness (QED) is 0.765. The SMILES string of the molecule is Cc1cn(Cc2cccc(N)c2F)c(=O)[nH]c1=O. The third kappa shape index (κ3) is 2.17.